The van der Waals surface area contributed by atoms with Crippen LogP contribution in [0.5, 0.6) is 0 Å². The molecule has 0 radical (unpaired) electrons. The number of hydrogen-bond donors (Lipinski definition) is 3. The van der Waals surface area contributed by atoms with Crippen LogP contribution in [0.25, 0.3) is 0 Å². The van der Waals surface area contributed by atoms with Crippen LogP contribution < -0.4 is 0 Å². The Hall–Kier alpha value is -3.15. The molecule has 3 N–H and O–H groups in total. The zero-order chi connectivity index (χ0) is 18.4. The van der Waals surface area contributed by atoms with Gasteiger partial charge in [0.2, 0.25) is 0 Å². The lowest BCUT2D eigenvalue weighted by Gasteiger charge is -2.17. The number of rotatable bonds is 9. The summed E-state index contributed by atoms with van der Waals surface area (Å²) >= 11 is 0. The second-order valence-corrected chi connectivity index (χ2v) is 5.09. The summed E-state index contributed by atoms with van der Waals surface area (Å²) < 4.78 is 0. The molecule has 1 rings (SSSR count). The summed E-state index contributed by atoms with van der Waals surface area (Å²) in [6.45, 7) is 10.4. The molecule has 6 nitrogen and oxygen atoms in total. The lowest BCUT2D eigenvalue weighted by molar-refractivity contribution is -0.138. The van der Waals surface area contributed by atoms with Crippen molar-refractivity contribution in [3.63, 3.8) is 0 Å². The molecule has 24 heavy (non-hydrogen) atoms. The Kier molecular flexibility index (Phi) is 6.23. The Morgan fingerprint density at radius 1 is 0.667 bits per heavy atom. The number of aliphatic carboxylic acids is 3. The second-order valence-electron chi connectivity index (χ2n) is 5.09. The monoisotopic (exact) mass is 330 g/mol. The van der Waals surface area contributed by atoms with E-state index in [2.05, 4.69) is 19.7 Å². The van der Waals surface area contributed by atoms with Crippen LogP contribution in [0, 0.1) is 0 Å². The van der Waals surface area contributed by atoms with Gasteiger partial charge in [-0.3, -0.25) is 14.4 Å². The van der Waals surface area contributed by atoms with Gasteiger partial charge in [0.05, 0.1) is 17.8 Å². The predicted octanol–water partition coefficient (Wildman–Crippen LogP) is 2.75. The van der Waals surface area contributed by atoms with Crippen molar-refractivity contribution in [3.05, 3.63) is 72.9 Å². The first-order valence-corrected chi connectivity index (χ1v) is 6.97. The number of carboxylic acid groups (broad SMARTS) is 3. The molecule has 0 saturated heterocycles. The van der Waals surface area contributed by atoms with E-state index in [1.807, 2.05) is 0 Å². The number of hydrogen-bond acceptors (Lipinski definition) is 3. The zero-order valence-electron chi connectivity index (χ0n) is 12.9. The molecule has 1 aromatic carbocycles. The van der Waals surface area contributed by atoms with Gasteiger partial charge in [0.15, 0.2) is 0 Å². The number of carboxylic acids is 3. The normalized spacial score (nSPS) is 14.0. The van der Waals surface area contributed by atoms with Crippen LogP contribution in [0.3, 0.4) is 0 Å². The molecule has 0 spiro atoms. The molecule has 1 aromatic rings. The topological polar surface area (TPSA) is 112 Å². The van der Waals surface area contributed by atoms with Crippen molar-refractivity contribution in [2.75, 3.05) is 0 Å². The molecular formula is C18H18O6. The highest BCUT2D eigenvalue weighted by Crippen LogP contribution is 2.30. The molecule has 0 aliphatic rings. The van der Waals surface area contributed by atoms with E-state index >= 15 is 0 Å². The van der Waals surface area contributed by atoms with Crippen LogP contribution in [0.4, 0.5) is 0 Å². The smallest absolute Gasteiger partial charge is 0.314 e. The maximum Gasteiger partial charge on any atom is 0.314 e. The highest BCUT2D eigenvalue weighted by molar-refractivity contribution is 5.82. The summed E-state index contributed by atoms with van der Waals surface area (Å²) in [7, 11) is 0. The van der Waals surface area contributed by atoms with Gasteiger partial charge in [0.1, 0.15) is 0 Å². The Labute approximate surface area is 139 Å². The molecule has 0 fully saturated rings. The summed E-state index contributed by atoms with van der Waals surface area (Å²) in [6.07, 6.45) is 3.58. The number of carbonyl (C=O) groups is 3. The van der Waals surface area contributed by atoms with E-state index in [4.69, 9.17) is 0 Å². The minimum Gasteiger partial charge on any atom is -0.481 e. The van der Waals surface area contributed by atoms with Gasteiger partial charge in [-0.1, -0.05) is 36.4 Å². The van der Waals surface area contributed by atoms with Crippen molar-refractivity contribution >= 4 is 17.9 Å². The van der Waals surface area contributed by atoms with Gasteiger partial charge in [-0.05, 0) is 16.7 Å². The van der Waals surface area contributed by atoms with E-state index < -0.39 is 35.7 Å². The lowest BCUT2D eigenvalue weighted by atomic mass is 9.86. The first-order chi connectivity index (χ1) is 11.3. The summed E-state index contributed by atoms with van der Waals surface area (Å²) in [4.78, 5) is 34.1. The Morgan fingerprint density at radius 2 is 0.875 bits per heavy atom. The van der Waals surface area contributed by atoms with Gasteiger partial charge >= 0.3 is 17.9 Å². The third-order valence-electron chi connectivity index (χ3n) is 3.58. The average molecular weight is 330 g/mol. The molecule has 126 valence electrons. The first-order valence-electron chi connectivity index (χ1n) is 6.97. The predicted molar refractivity (Wildman–Crippen MR) is 88.2 cm³/mol. The van der Waals surface area contributed by atoms with E-state index in [0.717, 1.165) is 0 Å². The SMILES string of the molecule is C=CC(C(=O)O)c1cc(C(C=C)C(=O)O)cc(C(C=C)C(=O)O)c1. The third-order valence-corrected chi connectivity index (χ3v) is 3.58. The molecule has 0 amide bonds. The molecule has 0 aromatic heterocycles. The van der Waals surface area contributed by atoms with Gasteiger partial charge in [0, 0.05) is 0 Å². The van der Waals surface area contributed by atoms with Gasteiger partial charge in [-0.25, -0.2) is 0 Å². The maximum absolute atomic E-state index is 11.4. The largest absolute Gasteiger partial charge is 0.481 e. The van der Waals surface area contributed by atoms with Gasteiger partial charge in [-0.2, -0.15) is 0 Å². The van der Waals surface area contributed by atoms with Crippen molar-refractivity contribution < 1.29 is 29.7 Å². The summed E-state index contributed by atoms with van der Waals surface area (Å²) in [5, 5.41) is 27.8. The highest BCUT2D eigenvalue weighted by Gasteiger charge is 2.25. The molecule has 0 heterocycles. The molecule has 3 atom stereocenters. The van der Waals surface area contributed by atoms with Gasteiger partial charge in [-0.15, -0.1) is 19.7 Å². The van der Waals surface area contributed by atoms with Gasteiger partial charge in [0.25, 0.3) is 0 Å². The second kappa shape index (κ2) is 7.92. The van der Waals surface area contributed by atoms with Crippen LogP contribution in [-0.2, 0) is 14.4 Å². The highest BCUT2D eigenvalue weighted by atomic mass is 16.4. The molecule has 0 aliphatic carbocycles. The molecule has 0 aliphatic heterocycles. The van der Waals surface area contributed by atoms with E-state index in [9.17, 15) is 29.7 Å². The fraction of sp³-hybridized carbons (Fsp3) is 0.167. The van der Waals surface area contributed by atoms with Crippen LogP contribution in [0.1, 0.15) is 34.4 Å². The molecule has 0 saturated carbocycles. The summed E-state index contributed by atoms with van der Waals surface area (Å²) in [6, 6.07) is 4.23. The molecule has 0 bridgehead atoms. The summed E-state index contributed by atoms with van der Waals surface area (Å²) in [5.41, 5.74) is 0.726. The summed E-state index contributed by atoms with van der Waals surface area (Å²) in [5.74, 6) is -6.82. The van der Waals surface area contributed by atoms with Crippen molar-refractivity contribution in [2.45, 2.75) is 17.8 Å². The van der Waals surface area contributed by atoms with E-state index in [1.54, 1.807) is 0 Å². The third kappa shape index (κ3) is 3.98. The standard InChI is InChI=1S/C18H18O6/c1-4-13(16(19)20)10-7-11(14(5-2)17(21)22)9-12(8-10)15(6-3)18(23)24/h4-9,13-15H,1-3H2,(H,19,20)(H,21,22)(H,23,24). The van der Waals surface area contributed by atoms with Crippen LogP contribution >= 0.6 is 0 Å². The quantitative estimate of drug-likeness (QED) is 0.600. The molecule has 6 heteroatoms. The molecule has 3 unspecified atom stereocenters. The Bertz CT molecular complexity index is 596. The fourth-order valence-corrected chi connectivity index (χ4v) is 2.38. The van der Waals surface area contributed by atoms with Gasteiger partial charge < -0.3 is 15.3 Å². The van der Waals surface area contributed by atoms with E-state index in [1.165, 1.54) is 36.4 Å². The minimum atomic E-state index is -1.18. The average Bonchev–Trinajstić information content (AvgIpc) is 2.48. The van der Waals surface area contributed by atoms with Crippen LogP contribution in [0.15, 0.2) is 56.2 Å². The first kappa shape index (κ1) is 18.9. The number of benzene rings is 1. The molecular weight excluding hydrogens is 312 g/mol. The maximum atomic E-state index is 11.4. The fourth-order valence-electron chi connectivity index (χ4n) is 2.38. The van der Waals surface area contributed by atoms with Crippen molar-refractivity contribution in [1.82, 2.24) is 0 Å². The van der Waals surface area contributed by atoms with E-state index in [0.29, 0.717) is 0 Å². The zero-order valence-corrected chi connectivity index (χ0v) is 12.9. The van der Waals surface area contributed by atoms with Crippen molar-refractivity contribution in [2.24, 2.45) is 0 Å². The van der Waals surface area contributed by atoms with Crippen LogP contribution in [-0.4, -0.2) is 33.2 Å². The Morgan fingerprint density at radius 3 is 1.00 bits per heavy atom. The van der Waals surface area contributed by atoms with Crippen LogP contribution in [0.2, 0.25) is 0 Å². The van der Waals surface area contributed by atoms with E-state index in [-0.39, 0.29) is 16.7 Å². The van der Waals surface area contributed by atoms with Crippen molar-refractivity contribution in [3.8, 4) is 0 Å². The van der Waals surface area contributed by atoms with Crippen molar-refractivity contribution in [1.29, 1.82) is 0 Å². The Balaban J connectivity index is 3.66. The minimum absolute atomic E-state index is 0.242. The lowest BCUT2D eigenvalue weighted by Crippen LogP contribution is -2.15.